The van der Waals surface area contributed by atoms with Crippen LogP contribution in [0.5, 0.6) is 0 Å². The average molecular weight is 458 g/mol. The highest BCUT2D eigenvalue weighted by atomic mass is 32.2. The van der Waals surface area contributed by atoms with E-state index in [1.165, 1.54) is 23.0 Å². The normalized spacial score (nSPS) is 17.1. The van der Waals surface area contributed by atoms with Gasteiger partial charge < -0.3 is 14.8 Å². The second-order valence-electron chi connectivity index (χ2n) is 8.75. The maximum Gasteiger partial charge on any atom is 0.270 e. The van der Waals surface area contributed by atoms with Crippen LogP contribution in [-0.2, 0) is 22.9 Å². The number of nitrogens with one attached hydrogen (secondary N) is 1. The van der Waals surface area contributed by atoms with Gasteiger partial charge in [-0.3, -0.25) is 14.4 Å². The summed E-state index contributed by atoms with van der Waals surface area (Å²) in [6, 6.07) is 10.6. The molecule has 1 saturated carbocycles. The Morgan fingerprint density at radius 2 is 1.75 bits per heavy atom. The van der Waals surface area contributed by atoms with Crippen LogP contribution in [-0.4, -0.2) is 53.8 Å². The van der Waals surface area contributed by atoms with Gasteiger partial charge in [-0.05, 0) is 43.9 Å². The molecule has 1 fully saturated rings. The van der Waals surface area contributed by atoms with Gasteiger partial charge in [-0.2, -0.15) is 0 Å². The molecular formula is C23H27N3O5S. The maximum absolute atomic E-state index is 12.9. The van der Waals surface area contributed by atoms with E-state index >= 15 is 0 Å². The second-order valence-corrected chi connectivity index (χ2v) is 11.2. The lowest BCUT2D eigenvalue weighted by Crippen LogP contribution is -2.47. The molecule has 4 rings (SSSR count). The minimum Gasteiger partial charge on any atom is -0.348 e. The van der Waals surface area contributed by atoms with Gasteiger partial charge in [0.25, 0.3) is 17.4 Å². The lowest BCUT2D eigenvalue weighted by molar-refractivity contribution is 0.0695. The molecule has 9 heteroatoms. The molecule has 0 unspecified atom stereocenters. The van der Waals surface area contributed by atoms with E-state index in [-0.39, 0.29) is 23.7 Å². The number of aryl methyl sites for hydroxylation is 1. The van der Waals surface area contributed by atoms with Crippen LogP contribution < -0.4 is 10.9 Å². The molecule has 32 heavy (non-hydrogen) atoms. The van der Waals surface area contributed by atoms with E-state index in [9.17, 15) is 22.8 Å². The Hall–Kier alpha value is -2.94. The predicted molar refractivity (Wildman–Crippen MR) is 120 cm³/mol. The number of sulfone groups is 1. The van der Waals surface area contributed by atoms with Crippen molar-refractivity contribution in [3.8, 4) is 0 Å². The summed E-state index contributed by atoms with van der Waals surface area (Å²) in [6.07, 6.45) is 2.91. The first-order valence-electron chi connectivity index (χ1n) is 10.7. The number of hydrogen-bond acceptors (Lipinski definition) is 5. The molecule has 8 nitrogen and oxygen atoms in total. The molecule has 0 saturated heterocycles. The van der Waals surface area contributed by atoms with Gasteiger partial charge in [0.15, 0.2) is 9.84 Å². The van der Waals surface area contributed by atoms with Crippen molar-refractivity contribution in [3.63, 3.8) is 0 Å². The molecule has 1 N–H and O–H groups in total. The highest BCUT2D eigenvalue weighted by molar-refractivity contribution is 7.92. The average Bonchev–Trinajstić information content (AvgIpc) is 3.54. The van der Waals surface area contributed by atoms with Crippen LogP contribution in [0.4, 0.5) is 0 Å². The Kier molecular flexibility index (Phi) is 5.70. The van der Waals surface area contributed by atoms with E-state index in [2.05, 4.69) is 5.32 Å². The Morgan fingerprint density at radius 3 is 2.38 bits per heavy atom. The molecule has 1 aromatic heterocycles. The zero-order chi connectivity index (χ0) is 23.1. The third-order valence-electron chi connectivity index (χ3n) is 6.52. The Morgan fingerprint density at radius 1 is 1.06 bits per heavy atom. The fraction of sp³-hybridized carbons (Fsp3) is 0.435. The van der Waals surface area contributed by atoms with Gasteiger partial charge in [-0.15, -0.1) is 0 Å². The minimum absolute atomic E-state index is 0.00359. The van der Waals surface area contributed by atoms with Crippen LogP contribution in [0.25, 0.3) is 0 Å². The highest BCUT2D eigenvalue weighted by Gasteiger charge is 2.51. The van der Waals surface area contributed by atoms with E-state index in [1.54, 1.807) is 4.90 Å². The van der Waals surface area contributed by atoms with Gasteiger partial charge in [0.2, 0.25) is 0 Å². The molecule has 1 aromatic carbocycles. The first-order valence-corrected chi connectivity index (χ1v) is 12.6. The summed E-state index contributed by atoms with van der Waals surface area (Å²) in [5.41, 5.74) is 1.77. The van der Waals surface area contributed by atoms with Crippen LogP contribution in [0.1, 0.15) is 51.2 Å². The predicted octanol–water partition coefficient (Wildman–Crippen LogP) is 1.51. The van der Waals surface area contributed by atoms with Crippen LogP contribution in [0.15, 0.2) is 41.2 Å². The van der Waals surface area contributed by atoms with Gasteiger partial charge in [0, 0.05) is 32.4 Å². The summed E-state index contributed by atoms with van der Waals surface area (Å²) in [4.78, 5) is 39.9. The number of hydrogen-bond donors (Lipinski definition) is 1. The zero-order valence-corrected chi connectivity index (χ0v) is 19.1. The molecule has 2 amide bonds. The summed E-state index contributed by atoms with van der Waals surface area (Å²) in [7, 11) is -3.16. The summed E-state index contributed by atoms with van der Waals surface area (Å²) >= 11 is 0. The van der Waals surface area contributed by atoms with E-state index in [0.717, 1.165) is 11.1 Å². The molecule has 0 atom stereocenters. The smallest absolute Gasteiger partial charge is 0.270 e. The van der Waals surface area contributed by atoms with Gasteiger partial charge in [0.1, 0.15) is 11.3 Å². The van der Waals surface area contributed by atoms with Gasteiger partial charge in [0.05, 0.1) is 4.75 Å². The lowest BCUT2D eigenvalue weighted by atomic mass is 10.1. The number of amides is 2. The number of benzene rings is 1. The number of nitrogens with zero attached hydrogens (tertiary/aromatic N) is 2. The molecule has 2 heterocycles. The van der Waals surface area contributed by atoms with Crippen molar-refractivity contribution < 1.29 is 18.0 Å². The van der Waals surface area contributed by atoms with Crippen LogP contribution in [0.2, 0.25) is 0 Å². The number of rotatable bonds is 7. The molecule has 0 spiro atoms. The molecule has 0 bridgehead atoms. The van der Waals surface area contributed by atoms with Crippen molar-refractivity contribution in [1.29, 1.82) is 0 Å². The fourth-order valence-corrected chi connectivity index (χ4v) is 5.43. The maximum atomic E-state index is 12.9. The Labute approximate surface area is 187 Å². The number of fused-ring (bicyclic) bond motifs is 1. The van der Waals surface area contributed by atoms with Crippen molar-refractivity contribution in [1.82, 2.24) is 14.8 Å². The zero-order valence-electron chi connectivity index (χ0n) is 18.3. The largest absolute Gasteiger partial charge is 0.348 e. The van der Waals surface area contributed by atoms with Crippen LogP contribution >= 0.6 is 0 Å². The topological polar surface area (TPSA) is 106 Å². The first kappa shape index (κ1) is 22.3. The minimum atomic E-state index is -3.16. The molecular weight excluding hydrogens is 430 g/mol. The van der Waals surface area contributed by atoms with Gasteiger partial charge in [-0.25, -0.2) is 8.42 Å². The van der Waals surface area contributed by atoms with Gasteiger partial charge in [-0.1, -0.05) is 29.8 Å². The quantitative estimate of drug-likeness (QED) is 0.679. The third-order valence-corrected chi connectivity index (χ3v) is 8.71. The lowest BCUT2D eigenvalue weighted by Gasteiger charge is -2.30. The molecule has 2 aromatic rings. The highest BCUT2D eigenvalue weighted by Crippen LogP contribution is 2.46. The summed E-state index contributed by atoms with van der Waals surface area (Å²) in [5, 5.41) is 2.76. The number of aromatic nitrogens is 1. The van der Waals surface area contributed by atoms with E-state index in [0.29, 0.717) is 38.9 Å². The number of carbonyl (C=O) groups excluding carboxylic acids is 2. The second kappa shape index (κ2) is 8.20. The van der Waals surface area contributed by atoms with Crippen molar-refractivity contribution >= 4 is 21.7 Å². The van der Waals surface area contributed by atoms with Crippen molar-refractivity contribution in [2.24, 2.45) is 0 Å². The van der Waals surface area contributed by atoms with E-state index < -0.39 is 26.1 Å². The van der Waals surface area contributed by atoms with Crippen LogP contribution in [0, 0.1) is 6.92 Å². The molecule has 0 radical (unpaired) electrons. The van der Waals surface area contributed by atoms with Crippen LogP contribution in [0.3, 0.4) is 0 Å². The summed E-state index contributed by atoms with van der Waals surface area (Å²) in [5.74, 6) is -0.797. The first-order chi connectivity index (χ1) is 15.1. The standard InChI is InChI=1S/C23H27N3O5S/c1-16-3-5-17(6-4-16)15-24-20(27)18-7-8-19-22(29)25(13-14-26(19)21(18)28)12-11-23(9-10-23)32(2,30)31/h3-8H,9-15H2,1-2H3,(H,24,27). The monoisotopic (exact) mass is 457 g/mol. The third kappa shape index (κ3) is 4.21. The summed E-state index contributed by atoms with van der Waals surface area (Å²) < 4.78 is 24.6. The SMILES string of the molecule is Cc1ccc(CNC(=O)c2ccc3n(c2=O)CCN(CCC2(S(C)(=O)=O)CC2)C3=O)cc1. The Bertz CT molecular complexity index is 1230. The molecule has 1 aliphatic carbocycles. The van der Waals surface area contributed by atoms with Crippen molar-refractivity contribution in [3.05, 3.63) is 69.1 Å². The van der Waals surface area contributed by atoms with Crippen molar-refractivity contribution in [2.45, 2.75) is 44.0 Å². The van der Waals surface area contributed by atoms with E-state index in [4.69, 9.17) is 0 Å². The molecule has 1 aliphatic heterocycles. The number of carbonyl (C=O) groups is 2. The molecule has 2 aliphatic rings. The fourth-order valence-electron chi connectivity index (χ4n) is 4.13. The van der Waals surface area contributed by atoms with Crippen molar-refractivity contribution in [2.75, 3.05) is 19.3 Å². The Balaban J connectivity index is 1.44. The number of pyridine rings is 1. The summed E-state index contributed by atoms with van der Waals surface area (Å²) in [6.45, 7) is 3.19. The molecule has 170 valence electrons. The van der Waals surface area contributed by atoms with E-state index in [1.807, 2.05) is 31.2 Å². The van der Waals surface area contributed by atoms with Gasteiger partial charge >= 0.3 is 0 Å².